The van der Waals surface area contributed by atoms with Crippen LogP contribution in [0.15, 0.2) is 35.5 Å². The van der Waals surface area contributed by atoms with Crippen molar-refractivity contribution in [2.45, 2.75) is 11.8 Å². The molecule has 0 aliphatic heterocycles. The summed E-state index contributed by atoms with van der Waals surface area (Å²) in [5, 5.41) is 0.311. The van der Waals surface area contributed by atoms with E-state index in [1.165, 1.54) is 0 Å². The van der Waals surface area contributed by atoms with Gasteiger partial charge in [-0.05, 0) is 24.6 Å². The van der Waals surface area contributed by atoms with Gasteiger partial charge in [0.25, 0.3) is 10.0 Å². The van der Waals surface area contributed by atoms with Gasteiger partial charge in [0, 0.05) is 0 Å². The van der Waals surface area contributed by atoms with Gasteiger partial charge >= 0.3 is 0 Å². The van der Waals surface area contributed by atoms with E-state index < -0.39 is 10.0 Å². The molecule has 3 N–H and O–H groups in total. The zero-order valence-electron chi connectivity index (χ0n) is 9.96. The Labute approximate surface area is 115 Å². The van der Waals surface area contributed by atoms with Gasteiger partial charge in [-0.3, -0.25) is 4.72 Å². The predicted octanol–water partition coefficient (Wildman–Crippen LogP) is 1.82. The lowest BCUT2D eigenvalue weighted by Gasteiger charge is -2.09. The van der Waals surface area contributed by atoms with Crippen molar-refractivity contribution >= 4 is 33.3 Å². The summed E-state index contributed by atoms with van der Waals surface area (Å²) in [6.07, 6.45) is 2.27. The molecule has 6 nitrogen and oxygen atoms in total. The van der Waals surface area contributed by atoms with Crippen molar-refractivity contribution in [1.29, 1.82) is 0 Å². The number of nitrogen functional groups attached to an aromatic ring is 1. The van der Waals surface area contributed by atoms with Gasteiger partial charge in [-0.1, -0.05) is 17.7 Å². The molecule has 0 saturated heterocycles. The minimum absolute atomic E-state index is 0.00698. The summed E-state index contributed by atoms with van der Waals surface area (Å²) in [6, 6.07) is 5.04. The monoisotopic (exact) mass is 298 g/mol. The molecule has 0 radical (unpaired) electrons. The summed E-state index contributed by atoms with van der Waals surface area (Å²) in [5.74, 6) is 0.00698. The third-order valence-corrected chi connectivity index (χ3v) is 3.97. The maximum atomic E-state index is 12.1. The molecular weight excluding hydrogens is 288 g/mol. The normalized spacial score (nSPS) is 11.3. The first kappa shape index (κ1) is 13.6. The fourth-order valence-corrected chi connectivity index (χ4v) is 2.57. The first-order valence-corrected chi connectivity index (χ1v) is 7.11. The molecule has 0 aliphatic carbocycles. The first-order valence-electron chi connectivity index (χ1n) is 5.25. The highest BCUT2D eigenvalue weighted by Crippen LogP contribution is 2.25. The number of halogens is 1. The van der Waals surface area contributed by atoms with Gasteiger partial charge < -0.3 is 5.73 Å². The fourth-order valence-electron chi connectivity index (χ4n) is 1.39. The standard InChI is InChI=1S/C11H11ClN4O2S/c1-7-2-3-9(12)10(4-7)16-19(17,18)8-5-14-11(13)15-6-8/h2-6,16H,1H3,(H2,13,14,15). The number of hydrogen-bond donors (Lipinski definition) is 2. The van der Waals surface area contributed by atoms with Gasteiger partial charge in [-0.2, -0.15) is 0 Å². The molecule has 2 rings (SSSR count). The van der Waals surface area contributed by atoms with Crippen LogP contribution in [-0.4, -0.2) is 18.4 Å². The number of anilines is 2. The Morgan fingerprint density at radius 1 is 1.26 bits per heavy atom. The van der Waals surface area contributed by atoms with Crippen LogP contribution >= 0.6 is 11.6 Å². The largest absolute Gasteiger partial charge is 0.368 e. The summed E-state index contributed by atoms with van der Waals surface area (Å²) in [6.45, 7) is 1.83. The van der Waals surface area contributed by atoms with Crippen molar-refractivity contribution in [3.8, 4) is 0 Å². The number of benzene rings is 1. The second kappa shape index (κ2) is 5.02. The second-order valence-corrected chi connectivity index (χ2v) is 5.96. The van der Waals surface area contributed by atoms with Gasteiger partial charge in [0.15, 0.2) is 0 Å². The Morgan fingerprint density at radius 3 is 2.53 bits per heavy atom. The van der Waals surface area contributed by atoms with Crippen LogP contribution in [0.2, 0.25) is 5.02 Å². The van der Waals surface area contributed by atoms with Crippen LogP contribution in [0.5, 0.6) is 0 Å². The number of nitrogens with two attached hydrogens (primary N) is 1. The van der Waals surface area contributed by atoms with Crippen LogP contribution in [0.1, 0.15) is 5.56 Å². The SMILES string of the molecule is Cc1ccc(Cl)c(NS(=O)(=O)c2cnc(N)nc2)c1. The topological polar surface area (TPSA) is 98.0 Å². The molecule has 1 heterocycles. The van der Waals surface area contributed by atoms with E-state index in [0.717, 1.165) is 18.0 Å². The first-order chi connectivity index (χ1) is 8.88. The van der Waals surface area contributed by atoms with Crippen molar-refractivity contribution in [3.05, 3.63) is 41.2 Å². The lowest BCUT2D eigenvalue weighted by molar-refractivity contribution is 0.600. The number of aryl methyl sites for hydroxylation is 1. The van der Waals surface area contributed by atoms with E-state index in [2.05, 4.69) is 14.7 Å². The number of rotatable bonds is 3. The van der Waals surface area contributed by atoms with Crippen molar-refractivity contribution in [1.82, 2.24) is 9.97 Å². The Bertz CT molecular complexity index is 701. The molecule has 0 aliphatic rings. The Hall–Kier alpha value is -1.86. The molecule has 0 amide bonds. The molecule has 0 atom stereocenters. The van der Waals surface area contributed by atoms with Gasteiger partial charge in [-0.15, -0.1) is 0 Å². The summed E-state index contributed by atoms with van der Waals surface area (Å²) in [5.41, 5.74) is 6.50. The summed E-state index contributed by atoms with van der Waals surface area (Å²) in [4.78, 5) is 7.20. The van der Waals surface area contributed by atoms with Gasteiger partial charge in [-0.25, -0.2) is 18.4 Å². The Kier molecular flexibility index (Phi) is 3.59. The highest BCUT2D eigenvalue weighted by molar-refractivity contribution is 7.92. The Morgan fingerprint density at radius 2 is 1.89 bits per heavy atom. The number of hydrogen-bond acceptors (Lipinski definition) is 5. The highest BCUT2D eigenvalue weighted by atomic mass is 35.5. The average Bonchev–Trinajstić information content (AvgIpc) is 2.34. The minimum Gasteiger partial charge on any atom is -0.368 e. The quantitative estimate of drug-likeness (QED) is 0.900. The maximum absolute atomic E-state index is 12.1. The van der Waals surface area contributed by atoms with Crippen LogP contribution in [0.4, 0.5) is 11.6 Å². The number of sulfonamides is 1. The third-order valence-electron chi connectivity index (χ3n) is 2.32. The number of nitrogens with zero attached hydrogens (tertiary/aromatic N) is 2. The molecule has 0 bridgehead atoms. The van der Waals surface area contributed by atoms with Crippen LogP contribution < -0.4 is 10.5 Å². The third kappa shape index (κ3) is 3.12. The number of aromatic nitrogens is 2. The molecule has 100 valence electrons. The fraction of sp³-hybridized carbons (Fsp3) is 0.0909. The Balaban J connectivity index is 2.36. The van der Waals surface area contributed by atoms with Crippen LogP contribution in [0.3, 0.4) is 0 Å². The molecular formula is C11H11ClN4O2S. The zero-order valence-corrected chi connectivity index (χ0v) is 11.5. The predicted molar refractivity (Wildman–Crippen MR) is 73.4 cm³/mol. The van der Waals surface area contributed by atoms with E-state index in [4.69, 9.17) is 17.3 Å². The van der Waals surface area contributed by atoms with Crippen LogP contribution in [-0.2, 0) is 10.0 Å². The lowest BCUT2D eigenvalue weighted by Crippen LogP contribution is -2.14. The van der Waals surface area contributed by atoms with E-state index >= 15 is 0 Å². The smallest absolute Gasteiger partial charge is 0.265 e. The summed E-state index contributed by atoms with van der Waals surface area (Å²) >= 11 is 5.94. The molecule has 1 aromatic carbocycles. The molecule has 0 fully saturated rings. The van der Waals surface area contributed by atoms with Crippen LogP contribution in [0.25, 0.3) is 0 Å². The average molecular weight is 299 g/mol. The van der Waals surface area contributed by atoms with E-state index in [0.29, 0.717) is 10.7 Å². The van der Waals surface area contributed by atoms with Crippen molar-refractivity contribution < 1.29 is 8.42 Å². The molecule has 0 spiro atoms. The molecule has 19 heavy (non-hydrogen) atoms. The molecule has 0 saturated carbocycles. The maximum Gasteiger partial charge on any atom is 0.265 e. The van der Waals surface area contributed by atoms with E-state index in [1.807, 2.05) is 6.92 Å². The summed E-state index contributed by atoms with van der Waals surface area (Å²) in [7, 11) is -3.78. The minimum atomic E-state index is -3.78. The van der Waals surface area contributed by atoms with E-state index in [-0.39, 0.29) is 10.8 Å². The van der Waals surface area contributed by atoms with Crippen LogP contribution in [0, 0.1) is 6.92 Å². The van der Waals surface area contributed by atoms with Crippen molar-refractivity contribution in [2.24, 2.45) is 0 Å². The molecule has 0 unspecified atom stereocenters. The van der Waals surface area contributed by atoms with Crippen molar-refractivity contribution in [2.75, 3.05) is 10.5 Å². The number of nitrogens with one attached hydrogen (secondary N) is 1. The molecule has 1 aromatic heterocycles. The van der Waals surface area contributed by atoms with Gasteiger partial charge in [0.05, 0.1) is 23.1 Å². The van der Waals surface area contributed by atoms with E-state index in [1.54, 1.807) is 18.2 Å². The van der Waals surface area contributed by atoms with Gasteiger partial charge in [0.1, 0.15) is 4.90 Å². The van der Waals surface area contributed by atoms with Gasteiger partial charge in [0.2, 0.25) is 5.95 Å². The van der Waals surface area contributed by atoms with Crippen molar-refractivity contribution in [3.63, 3.8) is 0 Å². The van der Waals surface area contributed by atoms with E-state index in [9.17, 15) is 8.42 Å². The highest BCUT2D eigenvalue weighted by Gasteiger charge is 2.16. The zero-order chi connectivity index (χ0) is 14.0. The summed E-state index contributed by atoms with van der Waals surface area (Å²) < 4.78 is 26.6. The molecule has 8 heteroatoms. The second-order valence-electron chi connectivity index (χ2n) is 3.87. The molecule has 2 aromatic rings. The lowest BCUT2D eigenvalue weighted by atomic mass is 10.2.